The average molecular weight is 154 g/mol. The maximum Gasteiger partial charge on any atom is 0.236 e. The lowest BCUT2D eigenvalue weighted by atomic mass is 10.2. The zero-order valence-corrected chi connectivity index (χ0v) is 6.76. The zero-order chi connectivity index (χ0) is 8.69. The largest absolute Gasteiger partial charge is 0.354 e. The van der Waals surface area contributed by atoms with E-state index in [4.69, 9.17) is 12.2 Å². The van der Waals surface area contributed by atoms with Gasteiger partial charge >= 0.3 is 0 Å². The van der Waals surface area contributed by atoms with Gasteiger partial charge in [-0.05, 0) is 6.42 Å². The Morgan fingerprint density at radius 2 is 2.45 bits per heavy atom. The second kappa shape index (κ2) is 5.75. The van der Waals surface area contributed by atoms with Crippen LogP contribution in [-0.4, -0.2) is 18.5 Å². The van der Waals surface area contributed by atoms with Gasteiger partial charge in [0.05, 0.1) is 6.04 Å². The molecule has 0 aromatic carbocycles. The number of hydrogen-bond donors (Lipinski definition) is 2. The predicted molar refractivity (Wildman–Crippen MR) is 44.7 cm³/mol. The first-order chi connectivity index (χ1) is 5.22. The number of nitrogens with one attached hydrogen (secondary N) is 1. The van der Waals surface area contributed by atoms with Crippen molar-refractivity contribution >= 4 is 5.91 Å². The summed E-state index contributed by atoms with van der Waals surface area (Å²) >= 11 is 0. The summed E-state index contributed by atoms with van der Waals surface area (Å²) in [4.78, 5) is 10.9. The molecule has 3 nitrogen and oxygen atoms in total. The van der Waals surface area contributed by atoms with Gasteiger partial charge in [0.1, 0.15) is 0 Å². The second-order valence-corrected chi connectivity index (χ2v) is 2.26. The number of terminal acetylenes is 1. The van der Waals surface area contributed by atoms with Crippen molar-refractivity contribution in [3.8, 4) is 12.3 Å². The number of nitrogens with two attached hydrogens (primary N) is 1. The van der Waals surface area contributed by atoms with E-state index < -0.39 is 6.04 Å². The molecular formula is C8H14N2O. The molecule has 0 aliphatic rings. The summed E-state index contributed by atoms with van der Waals surface area (Å²) in [7, 11) is 0. The number of amides is 1. The predicted octanol–water partition coefficient (Wildman–Crippen LogP) is -0.137. The zero-order valence-electron chi connectivity index (χ0n) is 6.76. The smallest absolute Gasteiger partial charge is 0.236 e. The molecule has 0 saturated heterocycles. The summed E-state index contributed by atoms with van der Waals surface area (Å²) in [5.41, 5.74) is 5.44. The summed E-state index contributed by atoms with van der Waals surface area (Å²) in [5, 5.41) is 2.63. The van der Waals surface area contributed by atoms with Gasteiger partial charge in [-0.2, -0.15) is 0 Å². The van der Waals surface area contributed by atoms with Crippen LogP contribution >= 0.6 is 0 Å². The molecule has 0 aliphatic carbocycles. The van der Waals surface area contributed by atoms with E-state index >= 15 is 0 Å². The van der Waals surface area contributed by atoms with Crippen LogP contribution in [0.15, 0.2) is 0 Å². The highest BCUT2D eigenvalue weighted by atomic mass is 16.2. The monoisotopic (exact) mass is 154 g/mol. The molecular weight excluding hydrogens is 140 g/mol. The molecule has 0 bridgehead atoms. The van der Waals surface area contributed by atoms with Crippen LogP contribution in [0.2, 0.25) is 0 Å². The molecule has 0 radical (unpaired) electrons. The normalized spacial score (nSPS) is 11.7. The van der Waals surface area contributed by atoms with Crippen LogP contribution < -0.4 is 11.1 Å². The topological polar surface area (TPSA) is 55.1 Å². The van der Waals surface area contributed by atoms with E-state index in [9.17, 15) is 4.79 Å². The van der Waals surface area contributed by atoms with Gasteiger partial charge in [-0.15, -0.1) is 12.3 Å². The molecule has 0 saturated carbocycles. The first kappa shape index (κ1) is 9.99. The van der Waals surface area contributed by atoms with E-state index in [1.807, 2.05) is 6.92 Å². The maximum atomic E-state index is 10.9. The summed E-state index contributed by atoms with van der Waals surface area (Å²) in [5.74, 6) is 2.30. The van der Waals surface area contributed by atoms with Crippen LogP contribution in [0.3, 0.4) is 0 Å². The highest BCUT2D eigenvalue weighted by Gasteiger charge is 2.08. The van der Waals surface area contributed by atoms with Crippen molar-refractivity contribution in [2.45, 2.75) is 25.8 Å². The summed E-state index contributed by atoms with van der Waals surface area (Å²) in [6, 6.07) is -0.396. The van der Waals surface area contributed by atoms with Gasteiger partial charge in [0.25, 0.3) is 0 Å². The van der Waals surface area contributed by atoms with E-state index in [2.05, 4.69) is 11.2 Å². The van der Waals surface area contributed by atoms with Gasteiger partial charge in [-0.1, -0.05) is 6.92 Å². The van der Waals surface area contributed by atoms with E-state index in [0.29, 0.717) is 19.4 Å². The molecule has 1 atom stereocenters. The van der Waals surface area contributed by atoms with Crippen LogP contribution in [0.25, 0.3) is 0 Å². The molecule has 62 valence electrons. The third kappa shape index (κ3) is 4.40. The van der Waals surface area contributed by atoms with E-state index in [1.165, 1.54) is 0 Å². The summed E-state index contributed by atoms with van der Waals surface area (Å²) < 4.78 is 0. The number of carbonyl (C=O) groups is 1. The number of rotatable bonds is 4. The molecule has 11 heavy (non-hydrogen) atoms. The Morgan fingerprint density at radius 3 is 2.91 bits per heavy atom. The minimum Gasteiger partial charge on any atom is -0.354 e. The minimum atomic E-state index is -0.396. The molecule has 0 aromatic heterocycles. The van der Waals surface area contributed by atoms with Crippen LogP contribution in [-0.2, 0) is 4.79 Å². The fourth-order valence-electron chi connectivity index (χ4n) is 0.574. The Balaban J connectivity index is 3.46. The third-order valence-corrected chi connectivity index (χ3v) is 1.35. The maximum absolute atomic E-state index is 10.9. The Hall–Kier alpha value is -1.01. The summed E-state index contributed by atoms with van der Waals surface area (Å²) in [6.07, 6.45) is 6.20. The van der Waals surface area contributed by atoms with Crippen molar-refractivity contribution in [3.63, 3.8) is 0 Å². The highest BCUT2D eigenvalue weighted by Crippen LogP contribution is 1.84. The lowest BCUT2D eigenvalue weighted by molar-refractivity contribution is -0.122. The summed E-state index contributed by atoms with van der Waals surface area (Å²) in [6.45, 7) is 2.38. The molecule has 0 heterocycles. The van der Waals surface area contributed by atoms with Gasteiger partial charge < -0.3 is 11.1 Å². The molecule has 0 spiro atoms. The molecule has 0 rings (SSSR count). The molecule has 3 N–H and O–H groups in total. The highest BCUT2D eigenvalue weighted by molar-refractivity contribution is 5.81. The fraction of sp³-hybridized carbons (Fsp3) is 0.625. The van der Waals surface area contributed by atoms with Crippen molar-refractivity contribution in [1.82, 2.24) is 5.32 Å². The van der Waals surface area contributed by atoms with Crippen molar-refractivity contribution in [2.75, 3.05) is 6.54 Å². The second-order valence-electron chi connectivity index (χ2n) is 2.26. The molecule has 1 amide bonds. The van der Waals surface area contributed by atoms with E-state index in [0.717, 1.165) is 0 Å². The Bertz CT molecular complexity index is 160. The van der Waals surface area contributed by atoms with Crippen LogP contribution in [0.4, 0.5) is 0 Å². The Labute approximate surface area is 67.3 Å². The lowest BCUT2D eigenvalue weighted by Gasteiger charge is -2.07. The van der Waals surface area contributed by atoms with E-state index in [1.54, 1.807) is 0 Å². The molecule has 0 fully saturated rings. The number of carbonyl (C=O) groups excluding carboxylic acids is 1. The van der Waals surface area contributed by atoms with Crippen molar-refractivity contribution in [3.05, 3.63) is 0 Å². The van der Waals surface area contributed by atoms with Gasteiger partial charge in [0, 0.05) is 13.0 Å². The van der Waals surface area contributed by atoms with Crippen molar-refractivity contribution in [2.24, 2.45) is 5.73 Å². The SMILES string of the molecule is C#CCCNC(=O)C(N)CC. The molecule has 0 aromatic rings. The van der Waals surface area contributed by atoms with Crippen molar-refractivity contribution in [1.29, 1.82) is 0 Å². The van der Waals surface area contributed by atoms with Gasteiger partial charge in [-0.3, -0.25) is 4.79 Å². The minimum absolute atomic E-state index is 0.122. The Kier molecular flexibility index (Phi) is 5.22. The van der Waals surface area contributed by atoms with Crippen LogP contribution in [0, 0.1) is 12.3 Å². The third-order valence-electron chi connectivity index (χ3n) is 1.35. The molecule has 1 unspecified atom stereocenters. The van der Waals surface area contributed by atoms with Gasteiger partial charge in [0.15, 0.2) is 0 Å². The number of hydrogen-bond acceptors (Lipinski definition) is 2. The van der Waals surface area contributed by atoms with Crippen LogP contribution in [0.5, 0.6) is 0 Å². The average Bonchev–Trinajstić information content (AvgIpc) is 2.03. The Morgan fingerprint density at radius 1 is 1.82 bits per heavy atom. The molecule has 3 heteroatoms. The standard InChI is InChI=1S/C8H14N2O/c1-3-5-6-10-8(11)7(9)4-2/h1,7H,4-6,9H2,2H3,(H,10,11). The van der Waals surface area contributed by atoms with Crippen molar-refractivity contribution < 1.29 is 4.79 Å². The van der Waals surface area contributed by atoms with Crippen LogP contribution in [0.1, 0.15) is 19.8 Å². The fourth-order valence-corrected chi connectivity index (χ4v) is 0.574. The van der Waals surface area contributed by atoms with Gasteiger partial charge in [-0.25, -0.2) is 0 Å². The first-order valence-corrected chi connectivity index (χ1v) is 3.69. The van der Waals surface area contributed by atoms with E-state index in [-0.39, 0.29) is 5.91 Å². The first-order valence-electron chi connectivity index (χ1n) is 3.69. The van der Waals surface area contributed by atoms with Gasteiger partial charge in [0.2, 0.25) is 5.91 Å². The molecule has 0 aliphatic heterocycles. The lowest BCUT2D eigenvalue weighted by Crippen LogP contribution is -2.40. The quantitative estimate of drug-likeness (QED) is 0.437.